The summed E-state index contributed by atoms with van der Waals surface area (Å²) in [4.78, 5) is 12.8. The van der Waals surface area contributed by atoms with Crippen LogP contribution < -0.4 is 11.1 Å². The highest BCUT2D eigenvalue weighted by Crippen LogP contribution is 2.40. The Balaban J connectivity index is 2.20. The fraction of sp³-hybridized carbons (Fsp3) is 0.588. The average Bonchev–Trinajstić information content (AvgIpc) is 2.53. The number of carbonyl (C=O) groups excluding carboxylic acids is 1. The third kappa shape index (κ3) is 3.78. The van der Waals surface area contributed by atoms with Crippen LogP contribution in [-0.4, -0.2) is 19.0 Å². The van der Waals surface area contributed by atoms with Gasteiger partial charge >= 0.3 is 0 Å². The molecule has 1 atom stereocenters. The monoisotopic (exact) mass is 308 g/mol. The zero-order valence-corrected chi connectivity index (χ0v) is 13.5. The second-order valence-electron chi connectivity index (χ2n) is 6.20. The second-order valence-corrected chi connectivity index (χ2v) is 6.64. The maximum absolute atomic E-state index is 12.8. The van der Waals surface area contributed by atoms with Crippen molar-refractivity contribution in [1.29, 1.82) is 0 Å². The summed E-state index contributed by atoms with van der Waals surface area (Å²) in [6, 6.07) is 7.76. The lowest BCUT2D eigenvalue weighted by Gasteiger charge is -2.36. The minimum absolute atomic E-state index is 0.143. The average molecular weight is 309 g/mol. The molecule has 1 fully saturated rings. The lowest BCUT2D eigenvalue weighted by atomic mass is 9.68. The summed E-state index contributed by atoms with van der Waals surface area (Å²) in [5, 5.41) is 3.82. The molecular weight excluding hydrogens is 284 g/mol. The molecule has 0 aromatic heterocycles. The first-order chi connectivity index (χ1) is 10.1. The molecule has 1 unspecified atom stereocenters. The largest absolute Gasteiger partial charge is 0.355 e. The molecule has 2 rings (SSSR count). The van der Waals surface area contributed by atoms with Crippen molar-refractivity contribution >= 4 is 17.5 Å². The van der Waals surface area contributed by atoms with Crippen LogP contribution in [0.4, 0.5) is 0 Å². The van der Waals surface area contributed by atoms with Crippen LogP contribution in [0.15, 0.2) is 24.3 Å². The maximum Gasteiger partial charge on any atom is 0.230 e. The van der Waals surface area contributed by atoms with E-state index in [9.17, 15) is 4.79 Å². The molecule has 1 aliphatic carbocycles. The van der Waals surface area contributed by atoms with Gasteiger partial charge < -0.3 is 11.1 Å². The van der Waals surface area contributed by atoms with Crippen LogP contribution >= 0.6 is 11.6 Å². The quantitative estimate of drug-likeness (QED) is 0.877. The molecule has 0 radical (unpaired) electrons. The molecule has 1 aromatic rings. The summed E-state index contributed by atoms with van der Waals surface area (Å²) in [5.74, 6) is 0.449. The van der Waals surface area contributed by atoms with Crippen molar-refractivity contribution in [3.8, 4) is 0 Å². The van der Waals surface area contributed by atoms with Gasteiger partial charge in [0.15, 0.2) is 0 Å². The Labute approximate surface area is 132 Å². The molecule has 3 N–H and O–H groups in total. The standard InChI is InChI=1S/C17H25ClN2O/c1-13(11-19)12-20-16(21)17(9-3-2-4-10-17)14-5-7-15(18)8-6-14/h5-8,13H,2-4,9-12,19H2,1H3,(H,20,21). The number of hydrogen-bond acceptors (Lipinski definition) is 2. The molecule has 1 amide bonds. The van der Waals surface area contributed by atoms with E-state index in [1.165, 1.54) is 6.42 Å². The van der Waals surface area contributed by atoms with Gasteiger partial charge in [-0.05, 0) is 43.0 Å². The zero-order valence-electron chi connectivity index (χ0n) is 12.7. The molecule has 21 heavy (non-hydrogen) atoms. The Morgan fingerprint density at radius 3 is 2.48 bits per heavy atom. The molecular formula is C17H25ClN2O. The molecule has 0 aliphatic heterocycles. The highest BCUT2D eigenvalue weighted by molar-refractivity contribution is 6.30. The summed E-state index contributed by atoms with van der Waals surface area (Å²) in [6.07, 6.45) is 5.24. The van der Waals surface area contributed by atoms with E-state index in [1.807, 2.05) is 24.3 Å². The predicted octanol–water partition coefficient (Wildman–Crippen LogP) is 3.25. The lowest BCUT2D eigenvalue weighted by Crippen LogP contribution is -2.47. The van der Waals surface area contributed by atoms with Gasteiger partial charge in [0.05, 0.1) is 5.41 Å². The molecule has 0 bridgehead atoms. The first kappa shape index (κ1) is 16.3. The van der Waals surface area contributed by atoms with Crippen molar-refractivity contribution in [3.05, 3.63) is 34.9 Å². The predicted molar refractivity (Wildman–Crippen MR) is 87.4 cm³/mol. The van der Waals surface area contributed by atoms with Crippen LogP contribution in [0.5, 0.6) is 0 Å². The van der Waals surface area contributed by atoms with Gasteiger partial charge in [0, 0.05) is 11.6 Å². The van der Waals surface area contributed by atoms with Crippen molar-refractivity contribution in [2.24, 2.45) is 11.7 Å². The SMILES string of the molecule is CC(CN)CNC(=O)C1(c2ccc(Cl)cc2)CCCCC1. The van der Waals surface area contributed by atoms with Crippen molar-refractivity contribution in [2.75, 3.05) is 13.1 Å². The van der Waals surface area contributed by atoms with E-state index in [2.05, 4.69) is 12.2 Å². The topological polar surface area (TPSA) is 55.1 Å². The number of halogens is 1. The number of rotatable bonds is 5. The number of nitrogens with one attached hydrogen (secondary N) is 1. The van der Waals surface area contributed by atoms with Gasteiger partial charge in [-0.3, -0.25) is 4.79 Å². The van der Waals surface area contributed by atoms with Crippen LogP contribution in [0.3, 0.4) is 0 Å². The molecule has 1 saturated carbocycles. The van der Waals surface area contributed by atoms with Crippen LogP contribution in [0.2, 0.25) is 5.02 Å². The van der Waals surface area contributed by atoms with E-state index in [-0.39, 0.29) is 5.91 Å². The van der Waals surface area contributed by atoms with Gasteiger partial charge in [-0.1, -0.05) is 49.9 Å². The molecule has 3 nitrogen and oxygen atoms in total. The van der Waals surface area contributed by atoms with Gasteiger partial charge in [-0.25, -0.2) is 0 Å². The summed E-state index contributed by atoms with van der Waals surface area (Å²) in [6.45, 7) is 3.29. The zero-order chi connectivity index (χ0) is 15.3. The van der Waals surface area contributed by atoms with E-state index in [4.69, 9.17) is 17.3 Å². The fourth-order valence-electron chi connectivity index (χ4n) is 3.09. The third-order valence-corrected chi connectivity index (χ3v) is 4.80. The van der Waals surface area contributed by atoms with Crippen LogP contribution in [-0.2, 0) is 10.2 Å². The van der Waals surface area contributed by atoms with E-state index in [0.29, 0.717) is 24.0 Å². The van der Waals surface area contributed by atoms with Gasteiger partial charge in [0.25, 0.3) is 0 Å². The highest BCUT2D eigenvalue weighted by atomic mass is 35.5. The number of amides is 1. The summed E-state index contributed by atoms with van der Waals surface area (Å²) < 4.78 is 0. The first-order valence-corrected chi connectivity index (χ1v) is 8.21. The number of benzene rings is 1. The molecule has 1 aromatic carbocycles. The van der Waals surface area contributed by atoms with Crippen LogP contribution in [0, 0.1) is 5.92 Å². The van der Waals surface area contributed by atoms with E-state index >= 15 is 0 Å². The highest BCUT2D eigenvalue weighted by Gasteiger charge is 2.40. The number of nitrogens with two attached hydrogens (primary N) is 1. The summed E-state index contributed by atoms with van der Waals surface area (Å²) >= 11 is 5.98. The Morgan fingerprint density at radius 2 is 1.90 bits per heavy atom. The van der Waals surface area contributed by atoms with Gasteiger partial charge in [-0.2, -0.15) is 0 Å². The van der Waals surface area contributed by atoms with Crippen molar-refractivity contribution in [3.63, 3.8) is 0 Å². The van der Waals surface area contributed by atoms with Crippen molar-refractivity contribution in [2.45, 2.75) is 44.4 Å². The first-order valence-electron chi connectivity index (χ1n) is 7.83. The molecule has 116 valence electrons. The molecule has 4 heteroatoms. The fourth-order valence-corrected chi connectivity index (χ4v) is 3.22. The molecule has 1 aliphatic rings. The minimum Gasteiger partial charge on any atom is -0.355 e. The summed E-state index contributed by atoms with van der Waals surface area (Å²) in [5.41, 5.74) is 6.33. The van der Waals surface area contributed by atoms with Gasteiger partial charge in [0.2, 0.25) is 5.91 Å². The maximum atomic E-state index is 12.8. The lowest BCUT2D eigenvalue weighted by molar-refractivity contribution is -0.128. The Morgan fingerprint density at radius 1 is 1.29 bits per heavy atom. The Hall–Kier alpha value is -1.06. The van der Waals surface area contributed by atoms with E-state index in [1.54, 1.807) is 0 Å². The van der Waals surface area contributed by atoms with Crippen LogP contribution in [0.25, 0.3) is 0 Å². The Bertz CT molecular complexity index is 466. The van der Waals surface area contributed by atoms with Crippen molar-refractivity contribution < 1.29 is 4.79 Å². The van der Waals surface area contributed by atoms with Gasteiger partial charge in [0.1, 0.15) is 0 Å². The van der Waals surface area contributed by atoms with Crippen LogP contribution in [0.1, 0.15) is 44.6 Å². The Kier molecular flexibility index (Phi) is 5.65. The summed E-state index contributed by atoms with van der Waals surface area (Å²) in [7, 11) is 0. The smallest absolute Gasteiger partial charge is 0.230 e. The third-order valence-electron chi connectivity index (χ3n) is 4.55. The van der Waals surface area contributed by atoms with Crippen molar-refractivity contribution in [1.82, 2.24) is 5.32 Å². The minimum atomic E-state index is -0.392. The molecule has 0 spiro atoms. The normalized spacial score (nSPS) is 19.0. The molecule has 0 heterocycles. The number of carbonyl (C=O) groups is 1. The number of hydrogen-bond donors (Lipinski definition) is 2. The van der Waals surface area contributed by atoms with Gasteiger partial charge in [-0.15, -0.1) is 0 Å². The molecule has 0 saturated heterocycles. The second kappa shape index (κ2) is 7.28. The van der Waals surface area contributed by atoms with E-state index < -0.39 is 5.41 Å². The van der Waals surface area contributed by atoms with E-state index in [0.717, 1.165) is 31.2 Å².